The maximum absolute atomic E-state index is 9.61. The molecule has 3 heteroatoms. The Bertz CT molecular complexity index is 212. The highest BCUT2D eigenvalue weighted by molar-refractivity contribution is 4.87. The van der Waals surface area contributed by atoms with Crippen LogP contribution in [0.3, 0.4) is 0 Å². The quantitative estimate of drug-likeness (QED) is 0.759. The van der Waals surface area contributed by atoms with Gasteiger partial charge in [0.1, 0.15) is 0 Å². The van der Waals surface area contributed by atoms with E-state index < -0.39 is 0 Å². The van der Waals surface area contributed by atoms with Crippen LogP contribution in [-0.2, 0) is 0 Å². The van der Waals surface area contributed by atoms with Gasteiger partial charge in [-0.2, -0.15) is 0 Å². The molecular formula is C13H26N2O. The zero-order valence-corrected chi connectivity index (χ0v) is 10.7. The summed E-state index contributed by atoms with van der Waals surface area (Å²) in [7, 11) is 2.07. The third-order valence-electron chi connectivity index (χ3n) is 4.56. The van der Waals surface area contributed by atoms with Crippen LogP contribution in [0.4, 0.5) is 0 Å². The first-order chi connectivity index (χ1) is 7.70. The Morgan fingerprint density at radius 3 is 2.38 bits per heavy atom. The average molecular weight is 226 g/mol. The lowest BCUT2D eigenvalue weighted by Gasteiger charge is -2.34. The second kappa shape index (κ2) is 5.48. The zero-order chi connectivity index (χ0) is 11.5. The number of aliphatic hydroxyl groups excluding tert-OH is 1. The lowest BCUT2D eigenvalue weighted by Crippen LogP contribution is -2.41. The average Bonchev–Trinajstić information content (AvgIpc) is 2.78. The van der Waals surface area contributed by atoms with E-state index in [4.69, 9.17) is 0 Å². The van der Waals surface area contributed by atoms with E-state index in [0.29, 0.717) is 5.92 Å². The first kappa shape index (κ1) is 12.3. The summed E-state index contributed by atoms with van der Waals surface area (Å²) in [4.78, 5) is 2.61. The number of likely N-dealkylation sites (tertiary alicyclic amines) is 1. The van der Waals surface area contributed by atoms with Crippen LogP contribution >= 0.6 is 0 Å². The number of hydrogen-bond acceptors (Lipinski definition) is 3. The van der Waals surface area contributed by atoms with Crippen molar-refractivity contribution in [1.82, 2.24) is 10.2 Å². The summed E-state index contributed by atoms with van der Waals surface area (Å²) in [6, 6.07) is 1.53. The Labute approximate surface area is 99.2 Å². The van der Waals surface area contributed by atoms with Crippen LogP contribution in [0.1, 0.15) is 39.0 Å². The summed E-state index contributed by atoms with van der Waals surface area (Å²) in [5.74, 6) is 0.516. The first-order valence-corrected chi connectivity index (χ1v) is 6.80. The van der Waals surface area contributed by atoms with E-state index >= 15 is 0 Å². The molecule has 0 amide bonds. The maximum Gasteiger partial charge on any atom is 0.0552 e. The molecule has 2 atom stereocenters. The predicted octanol–water partition coefficient (Wildman–Crippen LogP) is 1.22. The topological polar surface area (TPSA) is 35.5 Å². The summed E-state index contributed by atoms with van der Waals surface area (Å²) < 4.78 is 0. The molecule has 2 fully saturated rings. The minimum absolute atomic E-state index is 0.126. The van der Waals surface area contributed by atoms with E-state index in [9.17, 15) is 5.11 Å². The van der Waals surface area contributed by atoms with Crippen molar-refractivity contribution in [2.24, 2.45) is 5.92 Å². The van der Waals surface area contributed by atoms with Crippen LogP contribution in [0.15, 0.2) is 0 Å². The van der Waals surface area contributed by atoms with E-state index in [1.807, 2.05) is 6.92 Å². The van der Waals surface area contributed by atoms with Gasteiger partial charge < -0.3 is 15.3 Å². The number of nitrogens with one attached hydrogen (secondary N) is 1. The van der Waals surface area contributed by atoms with Gasteiger partial charge in [-0.1, -0.05) is 0 Å². The number of aliphatic hydroxyl groups is 1. The second-order valence-electron chi connectivity index (χ2n) is 5.58. The monoisotopic (exact) mass is 226 g/mol. The van der Waals surface area contributed by atoms with Gasteiger partial charge in [0.05, 0.1) is 6.10 Å². The molecule has 1 aliphatic heterocycles. The molecule has 0 aromatic carbocycles. The number of rotatable bonds is 3. The molecule has 0 aromatic rings. The SMILES string of the molecule is CNC1CCC(N2CCC(C(C)O)C2)CC1. The second-order valence-corrected chi connectivity index (χ2v) is 5.58. The fraction of sp³-hybridized carbons (Fsp3) is 1.00. The van der Waals surface area contributed by atoms with E-state index in [2.05, 4.69) is 17.3 Å². The Morgan fingerprint density at radius 2 is 1.88 bits per heavy atom. The molecule has 0 aromatic heterocycles. The highest BCUT2D eigenvalue weighted by Gasteiger charge is 2.32. The summed E-state index contributed by atoms with van der Waals surface area (Å²) in [6.07, 6.45) is 6.35. The standard InChI is InChI=1S/C13H26N2O/c1-10(16)11-7-8-15(9-11)13-5-3-12(14-2)4-6-13/h10-14,16H,3-9H2,1-2H3. The van der Waals surface area contributed by atoms with Gasteiger partial charge in [0.15, 0.2) is 0 Å². The highest BCUT2D eigenvalue weighted by Crippen LogP contribution is 2.28. The van der Waals surface area contributed by atoms with Gasteiger partial charge in [0.25, 0.3) is 0 Å². The molecule has 0 bridgehead atoms. The fourth-order valence-corrected chi connectivity index (χ4v) is 3.27. The van der Waals surface area contributed by atoms with Crippen molar-refractivity contribution in [3.05, 3.63) is 0 Å². The van der Waals surface area contributed by atoms with E-state index in [1.54, 1.807) is 0 Å². The van der Waals surface area contributed by atoms with Gasteiger partial charge >= 0.3 is 0 Å². The minimum Gasteiger partial charge on any atom is -0.393 e. The zero-order valence-electron chi connectivity index (χ0n) is 10.7. The lowest BCUT2D eigenvalue weighted by atomic mass is 9.90. The van der Waals surface area contributed by atoms with Gasteiger partial charge in [0.2, 0.25) is 0 Å². The fourth-order valence-electron chi connectivity index (χ4n) is 3.27. The summed E-state index contributed by atoms with van der Waals surface area (Å²) in [5, 5.41) is 13.0. The Balaban J connectivity index is 1.78. The highest BCUT2D eigenvalue weighted by atomic mass is 16.3. The summed E-state index contributed by atoms with van der Waals surface area (Å²) in [6.45, 7) is 4.25. The Kier molecular flexibility index (Phi) is 4.22. The van der Waals surface area contributed by atoms with Crippen molar-refractivity contribution < 1.29 is 5.11 Å². The largest absolute Gasteiger partial charge is 0.393 e. The van der Waals surface area contributed by atoms with E-state index in [1.165, 1.54) is 38.6 Å². The lowest BCUT2D eigenvalue weighted by molar-refractivity contribution is 0.114. The molecule has 0 spiro atoms. The third-order valence-corrected chi connectivity index (χ3v) is 4.56. The first-order valence-electron chi connectivity index (χ1n) is 6.80. The van der Waals surface area contributed by atoms with Crippen LogP contribution in [0, 0.1) is 5.92 Å². The molecule has 1 saturated carbocycles. The minimum atomic E-state index is -0.126. The number of nitrogens with zero attached hydrogens (tertiary/aromatic N) is 1. The van der Waals surface area contributed by atoms with Crippen molar-refractivity contribution in [2.45, 2.75) is 57.2 Å². The van der Waals surface area contributed by atoms with E-state index in [-0.39, 0.29) is 6.10 Å². The molecule has 2 N–H and O–H groups in total. The molecule has 3 nitrogen and oxygen atoms in total. The normalized spacial score (nSPS) is 38.8. The van der Waals surface area contributed by atoms with Crippen molar-refractivity contribution >= 4 is 0 Å². The van der Waals surface area contributed by atoms with Crippen LogP contribution in [0.5, 0.6) is 0 Å². The molecule has 1 aliphatic carbocycles. The van der Waals surface area contributed by atoms with Gasteiger partial charge in [-0.3, -0.25) is 0 Å². The molecule has 1 saturated heterocycles. The maximum atomic E-state index is 9.61. The summed E-state index contributed by atoms with van der Waals surface area (Å²) >= 11 is 0. The summed E-state index contributed by atoms with van der Waals surface area (Å²) in [5.41, 5.74) is 0. The van der Waals surface area contributed by atoms with Crippen LogP contribution in [0.25, 0.3) is 0 Å². The van der Waals surface area contributed by atoms with Crippen LogP contribution in [0.2, 0.25) is 0 Å². The molecule has 16 heavy (non-hydrogen) atoms. The smallest absolute Gasteiger partial charge is 0.0552 e. The molecular weight excluding hydrogens is 200 g/mol. The molecule has 0 radical (unpaired) electrons. The van der Waals surface area contributed by atoms with Gasteiger partial charge in [-0.15, -0.1) is 0 Å². The van der Waals surface area contributed by atoms with Crippen molar-refractivity contribution in [1.29, 1.82) is 0 Å². The van der Waals surface area contributed by atoms with E-state index in [0.717, 1.165) is 18.6 Å². The molecule has 2 aliphatic rings. The van der Waals surface area contributed by atoms with Crippen LogP contribution < -0.4 is 5.32 Å². The van der Waals surface area contributed by atoms with Gasteiger partial charge in [-0.05, 0) is 58.5 Å². The molecule has 2 rings (SSSR count). The Hall–Kier alpha value is -0.120. The number of hydrogen-bond donors (Lipinski definition) is 2. The van der Waals surface area contributed by atoms with Crippen molar-refractivity contribution in [3.8, 4) is 0 Å². The van der Waals surface area contributed by atoms with Crippen LogP contribution in [-0.4, -0.2) is 48.3 Å². The molecule has 94 valence electrons. The predicted molar refractivity (Wildman–Crippen MR) is 66.5 cm³/mol. The molecule has 2 unspecified atom stereocenters. The third kappa shape index (κ3) is 2.76. The van der Waals surface area contributed by atoms with Gasteiger partial charge in [-0.25, -0.2) is 0 Å². The Morgan fingerprint density at radius 1 is 1.19 bits per heavy atom. The van der Waals surface area contributed by atoms with Crippen molar-refractivity contribution in [2.75, 3.05) is 20.1 Å². The van der Waals surface area contributed by atoms with Crippen molar-refractivity contribution in [3.63, 3.8) is 0 Å². The van der Waals surface area contributed by atoms with Gasteiger partial charge in [0, 0.05) is 18.6 Å². The molecule has 1 heterocycles.